The fourth-order valence-electron chi connectivity index (χ4n) is 3.73. The monoisotopic (exact) mass is 340 g/mol. The summed E-state index contributed by atoms with van der Waals surface area (Å²) in [5.41, 5.74) is 0.927. The molecule has 2 aromatic rings. The van der Waals surface area contributed by atoms with Crippen molar-refractivity contribution < 1.29 is 9.21 Å². The number of hydrogen-bond donors (Lipinski definition) is 0. The third-order valence-corrected chi connectivity index (χ3v) is 5.22. The quantitative estimate of drug-likeness (QED) is 0.859. The summed E-state index contributed by atoms with van der Waals surface area (Å²) in [6, 6.07) is 10.4. The Morgan fingerprint density at radius 1 is 0.960 bits per heavy atom. The van der Waals surface area contributed by atoms with E-state index in [2.05, 4.69) is 20.0 Å². The van der Waals surface area contributed by atoms with E-state index in [1.165, 1.54) is 6.42 Å². The summed E-state index contributed by atoms with van der Waals surface area (Å²) in [6.07, 6.45) is 5.27. The highest BCUT2D eigenvalue weighted by molar-refractivity contribution is 5.79. The van der Waals surface area contributed by atoms with Gasteiger partial charge in [-0.1, -0.05) is 23.3 Å². The minimum absolute atomic E-state index is 0.144. The van der Waals surface area contributed by atoms with Crippen molar-refractivity contribution in [3.05, 3.63) is 30.3 Å². The molecule has 0 unspecified atom stereocenters. The van der Waals surface area contributed by atoms with Crippen molar-refractivity contribution in [2.45, 2.75) is 32.1 Å². The lowest BCUT2D eigenvalue weighted by atomic mass is 9.94. The molecule has 1 aromatic carbocycles. The molecule has 0 spiro atoms. The van der Waals surface area contributed by atoms with Gasteiger partial charge in [-0.05, 0) is 44.2 Å². The fraction of sp³-hybridized carbons (Fsp3) is 0.526. The van der Waals surface area contributed by atoms with Gasteiger partial charge in [-0.2, -0.15) is 0 Å². The first-order chi connectivity index (χ1) is 12.3. The minimum Gasteiger partial charge on any atom is -0.403 e. The van der Waals surface area contributed by atoms with Crippen molar-refractivity contribution in [1.82, 2.24) is 15.1 Å². The van der Waals surface area contributed by atoms with Gasteiger partial charge in [0.1, 0.15) is 0 Å². The number of hydrogen-bond acceptors (Lipinski definition) is 5. The Bertz CT molecular complexity index is 701. The van der Waals surface area contributed by atoms with Crippen molar-refractivity contribution in [1.29, 1.82) is 0 Å². The molecule has 1 amide bonds. The predicted octanol–water partition coefficient (Wildman–Crippen LogP) is 2.97. The number of amides is 1. The van der Waals surface area contributed by atoms with Gasteiger partial charge in [0.25, 0.3) is 0 Å². The maximum Gasteiger partial charge on any atom is 0.318 e. The van der Waals surface area contributed by atoms with Gasteiger partial charge >= 0.3 is 6.01 Å². The van der Waals surface area contributed by atoms with E-state index in [1.54, 1.807) is 0 Å². The maximum absolute atomic E-state index is 12.6. The van der Waals surface area contributed by atoms with E-state index < -0.39 is 0 Å². The van der Waals surface area contributed by atoms with Crippen LogP contribution in [0.1, 0.15) is 32.1 Å². The van der Waals surface area contributed by atoms with Crippen molar-refractivity contribution >= 4 is 11.9 Å². The molecule has 4 rings (SSSR count). The standard InChI is InChI=1S/C19H24N4O2/c24-18(22-11-5-2-6-12-22)16-9-13-23(14-10-16)19-21-20-17(25-19)15-7-3-1-4-8-15/h1,3-4,7-8,16H,2,5-6,9-14H2. The largest absolute Gasteiger partial charge is 0.403 e. The van der Waals surface area contributed by atoms with Crippen LogP contribution in [0.25, 0.3) is 11.5 Å². The molecule has 6 heteroatoms. The van der Waals surface area contributed by atoms with Gasteiger partial charge < -0.3 is 14.2 Å². The van der Waals surface area contributed by atoms with E-state index in [0.717, 1.165) is 57.4 Å². The van der Waals surface area contributed by atoms with Gasteiger partial charge in [-0.15, -0.1) is 5.10 Å². The number of anilines is 1. The summed E-state index contributed by atoms with van der Waals surface area (Å²) >= 11 is 0. The summed E-state index contributed by atoms with van der Waals surface area (Å²) in [7, 11) is 0. The Morgan fingerprint density at radius 2 is 1.68 bits per heavy atom. The molecule has 3 heterocycles. The van der Waals surface area contributed by atoms with Gasteiger partial charge in [-0.3, -0.25) is 4.79 Å². The second kappa shape index (κ2) is 7.25. The Balaban J connectivity index is 1.36. The first-order valence-electron chi connectivity index (χ1n) is 9.24. The van der Waals surface area contributed by atoms with Gasteiger partial charge in [0.2, 0.25) is 11.8 Å². The Kier molecular flexibility index (Phi) is 4.68. The number of nitrogens with zero attached hydrogens (tertiary/aromatic N) is 4. The smallest absolute Gasteiger partial charge is 0.318 e. The number of rotatable bonds is 3. The molecule has 25 heavy (non-hydrogen) atoms. The summed E-state index contributed by atoms with van der Waals surface area (Å²) < 4.78 is 5.83. The summed E-state index contributed by atoms with van der Waals surface area (Å²) in [5.74, 6) is 1.03. The first-order valence-corrected chi connectivity index (χ1v) is 9.24. The molecule has 0 radical (unpaired) electrons. The SMILES string of the molecule is O=C(C1CCN(c2nnc(-c3ccccc3)o2)CC1)N1CCCCC1. The minimum atomic E-state index is 0.144. The van der Waals surface area contributed by atoms with Crippen molar-refractivity contribution in [3.63, 3.8) is 0 Å². The van der Waals surface area contributed by atoms with Crippen molar-refractivity contribution in [2.75, 3.05) is 31.1 Å². The van der Waals surface area contributed by atoms with Crippen LogP contribution in [0, 0.1) is 5.92 Å². The van der Waals surface area contributed by atoms with Gasteiger partial charge in [0, 0.05) is 37.7 Å². The molecule has 0 saturated carbocycles. The highest BCUT2D eigenvalue weighted by Gasteiger charge is 2.30. The van der Waals surface area contributed by atoms with Crippen LogP contribution < -0.4 is 4.90 Å². The van der Waals surface area contributed by atoms with Crippen LogP contribution in [0.15, 0.2) is 34.7 Å². The van der Waals surface area contributed by atoms with E-state index in [4.69, 9.17) is 4.42 Å². The molecule has 132 valence electrons. The zero-order valence-electron chi connectivity index (χ0n) is 14.4. The second-order valence-corrected chi connectivity index (χ2v) is 6.90. The van der Waals surface area contributed by atoms with Gasteiger partial charge in [0.15, 0.2) is 0 Å². The Hall–Kier alpha value is -2.37. The highest BCUT2D eigenvalue weighted by Crippen LogP contribution is 2.27. The number of likely N-dealkylation sites (tertiary alicyclic amines) is 1. The first kappa shape index (κ1) is 16.1. The van der Waals surface area contributed by atoms with Crippen LogP contribution in [0.4, 0.5) is 6.01 Å². The van der Waals surface area contributed by atoms with Crippen LogP contribution in [-0.4, -0.2) is 47.2 Å². The molecule has 2 saturated heterocycles. The molecule has 0 aliphatic carbocycles. The van der Waals surface area contributed by atoms with E-state index in [-0.39, 0.29) is 5.92 Å². The number of aromatic nitrogens is 2. The normalized spacial score (nSPS) is 19.2. The molecule has 0 bridgehead atoms. The fourth-order valence-corrected chi connectivity index (χ4v) is 3.73. The lowest BCUT2D eigenvalue weighted by Crippen LogP contribution is -2.44. The average Bonchev–Trinajstić information content (AvgIpc) is 3.19. The van der Waals surface area contributed by atoms with E-state index in [1.807, 2.05) is 30.3 Å². The Labute approximate surface area is 147 Å². The molecular formula is C19H24N4O2. The zero-order chi connectivity index (χ0) is 17.1. The number of carbonyl (C=O) groups is 1. The van der Waals surface area contributed by atoms with E-state index in [9.17, 15) is 4.79 Å². The molecule has 0 atom stereocenters. The number of carbonyl (C=O) groups excluding carboxylic acids is 1. The van der Waals surface area contributed by atoms with Crippen LogP contribution in [0.5, 0.6) is 0 Å². The highest BCUT2D eigenvalue weighted by atomic mass is 16.4. The lowest BCUT2D eigenvalue weighted by molar-refractivity contribution is -0.137. The third kappa shape index (κ3) is 3.52. The number of piperidine rings is 2. The predicted molar refractivity (Wildman–Crippen MR) is 95.1 cm³/mol. The molecule has 6 nitrogen and oxygen atoms in total. The molecule has 2 aliphatic heterocycles. The topological polar surface area (TPSA) is 62.5 Å². The van der Waals surface area contributed by atoms with Gasteiger partial charge in [-0.25, -0.2) is 0 Å². The summed E-state index contributed by atoms with van der Waals surface area (Å²) in [5, 5.41) is 8.35. The molecule has 0 N–H and O–H groups in total. The Morgan fingerprint density at radius 3 is 2.40 bits per heavy atom. The average molecular weight is 340 g/mol. The van der Waals surface area contributed by atoms with E-state index in [0.29, 0.717) is 17.8 Å². The van der Waals surface area contributed by atoms with E-state index >= 15 is 0 Å². The van der Waals surface area contributed by atoms with Crippen LogP contribution in [-0.2, 0) is 4.79 Å². The molecule has 2 fully saturated rings. The van der Waals surface area contributed by atoms with Crippen LogP contribution in [0.2, 0.25) is 0 Å². The maximum atomic E-state index is 12.6. The second-order valence-electron chi connectivity index (χ2n) is 6.90. The van der Waals surface area contributed by atoms with Crippen LogP contribution >= 0.6 is 0 Å². The molecule has 2 aliphatic rings. The molecule has 1 aromatic heterocycles. The third-order valence-electron chi connectivity index (χ3n) is 5.22. The van der Waals surface area contributed by atoms with Crippen LogP contribution in [0.3, 0.4) is 0 Å². The lowest BCUT2D eigenvalue weighted by Gasteiger charge is -2.34. The molecular weight excluding hydrogens is 316 g/mol. The number of benzene rings is 1. The van der Waals surface area contributed by atoms with Gasteiger partial charge in [0.05, 0.1) is 0 Å². The summed E-state index contributed by atoms with van der Waals surface area (Å²) in [4.78, 5) is 16.8. The van der Waals surface area contributed by atoms with Crippen molar-refractivity contribution in [3.8, 4) is 11.5 Å². The summed E-state index contributed by atoms with van der Waals surface area (Å²) in [6.45, 7) is 3.45. The van der Waals surface area contributed by atoms with Crippen molar-refractivity contribution in [2.24, 2.45) is 5.92 Å². The zero-order valence-corrected chi connectivity index (χ0v) is 14.4.